The summed E-state index contributed by atoms with van der Waals surface area (Å²) in [5.74, 6) is 0.681. The van der Waals surface area contributed by atoms with Gasteiger partial charge in [0.15, 0.2) is 0 Å². The summed E-state index contributed by atoms with van der Waals surface area (Å²) in [6, 6.07) is 4.07. The number of esters is 1. The fraction of sp³-hybridized carbons (Fsp3) is 0.438. The molecule has 0 amide bonds. The summed E-state index contributed by atoms with van der Waals surface area (Å²) < 4.78 is 5.62. The molecule has 2 heteroatoms. The van der Waals surface area contributed by atoms with Crippen LogP contribution in [0.5, 0.6) is 5.75 Å². The first-order valence-corrected chi connectivity index (χ1v) is 6.53. The molecule has 0 spiro atoms. The van der Waals surface area contributed by atoms with Crippen LogP contribution in [0.4, 0.5) is 0 Å². The van der Waals surface area contributed by atoms with E-state index in [4.69, 9.17) is 4.74 Å². The molecule has 0 heterocycles. The zero-order valence-electron chi connectivity index (χ0n) is 11.3. The zero-order chi connectivity index (χ0) is 13.1. The fourth-order valence-corrected chi connectivity index (χ4v) is 2.27. The third kappa shape index (κ3) is 2.63. The lowest BCUT2D eigenvalue weighted by Crippen LogP contribution is -2.22. The van der Waals surface area contributed by atoms with E-state index in [1.807, 2.05) is 26.8 Å². The highest BCUT2D eigenvalue weighted by Crippen LogP contribution is 2.28. The van der Waals surface area contributed by atoms with Gasteiger partial charge < -0.3 is 4.74 Å². The van der Waals surface area contributed by atoms with E-state index in [9.17, 15) is 4.79 Å². The van der Waals surface area contributed by atoms with Crippen LogP contribution in [-0.2, 0) is 4.79 Å². The Kier molecular flexibility index (Phi) is 3.85. The van der Waals surface area contributed by atoms with Crippen molar-refractivity contribution in [3.05, 3.63) is 41.0 Å². The topological polar surface area (TPSA) is 26.3 Å². The number of hydrogen-bond donors (Lipinski definition) is 0. The predicted molar refractivity (Wildman–Crippen MR) is 72.8 cm³/mol. The summed E-state index contributed by atoms with van der Waals surface area (Å²) in [5, 5.41) is 0. The maximum absolute atomic E-state index is 12.1. The normalized spacial score (nSPS) is 18.7. The maximum atomic E-state index is 12.1. The summed E-state index contributed by atoms with van der Waals surface area (Å²) in [5.41, 5.74) is 3.25. The van der Waals surface area contributed by atoms with Crippen LogP contribution in [0, 0.1) is 26.7 Å². The number of benzene rings is 1. The standard InChI is InChI=1S/C16H20O2/c1-11-9-10-12(2)15(13(11)3)18-16(17)14-7-5-4-6-8-14/h4-5,9-10,14H,6-8H2,1-3H3. The zero-order valence-corrected chi connectivity index (χ0v) is 11.3. The molecule has 0 saturated carbocycles. The Morgan fingerprint density at radius 3 is 2.56 bits per heavy atom. The van der Waals surface area contributed by atoms with Crippen molar-refractivity contribution >= 4 is 5.97 Å². The molecule has 2 nitrogen and oxygen atoms in total. The summed E-state index contributed by atoms with van der Waals surface area (Å²) in [6.07, 6.45) is 6.89. The number of hydrogen-bond acceptors (Lipinski definition) is 2. The van der Waals surface area contributed by atoms with Crippen LogP contribution in [0.3, 0.4) is 0 Å². The van der Waals surface area contributed by atoms with Gasteiger partial charge in [-0.25, -0.2) is 0 Å². The minimum Gasteiger partial charge on any atom is -0.426 e. The number of aryl methyl sites for hydroxylation is 2. The van der Waals surface area contributed by atoms with Crippen molar-refractivity contribution in [3.63, 3.8) is 0 Å². The van der Waals surface area contributed by atoms with Crippen molar-refractivity contribution in [1.82, 2.24) is 0 Å². The minimum absolute atomic E-state index is 0.0225. The van der Waals surface area contributed by atoms with Crippen LogP contribution >= 0.6 is 0 Å². The molecule has 0 fully saturated rings. The quantitative estimate of drug-likeness (QED) is 0.448. The van der Waals surface area contributed by atoms with E-state index in [0.29, 0.717) is 0 Å². The lowest BCUT2D eigenvalue weighted by atomic mass is 9.94. The van der Waals surface area contributed by atoms with Gasteiger partial charge in [-0.3, -0.25) is 4.79 Å². The van der Waals surface area contributed by atoms with Gasteiger partial charge in [0, 0.05) is 0 Å². The van der Waals surface area contributed by atoms with E-state index in [1.165, 1.54) is 0 Å². The van der Waals surface area contributed by atoms with E-state index in [-0.39, 0.29) is 11.9 Å². The molecule has 0 aliphatic heterocycles. The maximum Gasteiger partial charge on any atom is 0.314 e. The van der Waals surface area contributed by atoms with E-state index in [2.05, 4.69) is 18.2 Å². The van der Waals surface area contributed by atoms with Crippen molar-refractivity contribution in [2.75, 3.05) is 0 Å². The molecule has 1 aromatic carbocycles. The molecule has 0 bridgehead atoms. The predicted octanol–water partition coefficient (Wildman–Crippen LogP) is 3.87. The van der Waals surface area contributed by atoms with Crippen LogP contribution in [-0.4, -0.2) is 5.97 Å². The van der Waals surface area contributed by atoms with Gasteiger partial charge in [0.05, 0.1) is 5.92 Å². The van der Waals surface area contributed by atoms with Crippen molar-refractivity contribution in [2.45, 2.75) is 40.0 Å². The Hall–Kier alpha value is -1.57. The van der Waals surface area contributed by atoms with Crippen molar-refractivity contribution in [2.24, 2.45) is 5.92 Å². The molecule has 1 unspecified atom stereocenters. The number of allylic oxidation sites excluding steroid dienone is 2. The Bertz CT molecular complexity index is 486. The van der Waals surface area contributed by atoms with Gasteiger partial charge in [-0.2, -0.15) is 0 Å². The first-order valence-electron chi connectivity index (χ1n) is 6.53. The van der Waals surface area contributed by atoms with Gasteiger partial charge >= 0.3 is 5.97 Å². The summed E-state index contributed by atoms with van der Waals surface area (Å²) in [6.45, 7) is 6.02. The van der Waals surface area contributed by atoms with Crippen molar-refractivity contribution in [3.8, 4) is 5.75 Å². The van der Waals surface area contributed by atoms with Crippen LogP contribution < -0.4 is 4.74 Å². The molecule has 0 radical (unpaired) electrons. The Morgan fingerprint density at radius 1 is 1.17 bits per heavy atom. The van der Waals surface area contributed by atoms with Crippen LogP contribution in [0.2, 0.25) is 0 Å². The van der Waals surface area contributed by atoms with Crippen LogP contribution in [0.25, 0.3) is 0 Å². The molecule has 2 rings (SSSR count). The highest BCUT2D eigenvalue weighted by atomic mass is 16.5. The SMILES string of the molecule is Cc1ccc(C)c(OC(=O)C2CC=CCC2)c1C. The molecule has 0 aromatic heterocycles. The minimum atomic E-state index is -0.0869. The molecule has 1 atom stereocenters. The van der Waals surface area contributed by atoms with Gasteiger partial charge in [-0.15, -0.1) is 0 Å². The number of carbonyl (C=O) groups is 1. The highest BCUT2D eigenvalue weighted by Gasteiger charge is 2.22. The second-order valence-corrected chi connectivity index (χ2v) is 5.06. The van der Waals surface area contributed by atoms with E-state index in [1.54, 1.807) is 0 Å². The van der Waals surface area contributed by atoms with E-state index in [0.717, 1.165) is 41.7 Å². The van der Waals surface area contributed by atoms with E-state index < -0.39 is 0 Å². The lowest BCUT2D eigenvalue weighted by Gasteiger charge is -2.18. The monoisotopic (exact) mass is 244 g/mol. The molecule has 0 N–H and O–H groups in total. The number of ether oxygens (including phenoxy) is 1. The lowest BCUT2D eigenvalue weighted by molar-refractivity contribution is -0.139. The Labute approximate surface area is 109 Å². The molecule has 18 heavy (non-hydrogen) atoms. The Morgan fingerprint density at radius 2 is 1.89 bits per heavy atom. The molecule has 1 aliphatic carbocycles. The van der Waals surface area contributed by atoms with Crippen LogP contribution in [0.15, 0.2) is 24.3 Å². The highest BCUT2D eigenvalue weighted by molar-refractivity contribution is 5.76. The van der Waals surface area contributed by atoms with Gasteiger partial charge in [0.25, 0.3) is 0 Å². The first kappa shape index (κ1) is 12.9. The van der Waals surface area contributed by atoms with Gasteiger partial charge in [-0.1, -0.05) is 24.3 Å². The molecular formula is C16H20O2. The largest absolute Gasteiger partial charge is 0.426 e. The van der Waals surface area contributed by atoms with Gasteiger partial charge in [0.2, 0.25) is 0 Å². The molecule has 96 valence electrons. The fourth-order valence-electron chi connectivity index (χ4n) is 2.27. The second-order valence-electron chi connectivity index (χ2n) is 5.06. The number of rotatable bonds is 2. The average molecular weight is 244 g/mol. The van der Waals surface area contributed by atoms with Gasteiger partial charge in [-0.05, 0) is 56.7 Å². The summed E-state index contributed by atoms with van der Waals surface area (Å²) >= 11 is 0. The summed E-state index contributed by atoms with van der Waals surface area (Å²) in [7, 11) is 0. The van der Waals surface area contributed by atoms with Crippen LogP contribution in [0.1, 0.15) is 36.0 Å². The second kappa shape index (κ2) is 5.38. The Balaban J connectivity index is 2.16. The van der Waals surface area contributed by atoms with E-state index >= 15 is 0 Å². The number of carbonyl (C=O) groups excluding carboxylic acids is 1. The van der Waals surface area contributed by atoms with Gasteiger partial charge in [0.1, 0.15) is 5.75 Å². The molecule has 1 aromatic rings. The molecule has 1 aliphatic rings. The third-order valence-corrected chi connectivity index (χ3v) is 3.68. The molecule has 0 saturated heterocycles. The smallest absolute Gasteiger partial charge is 0.314 e. The first-order chi connectivity index (χ1) is 8.59. The third-order valence-electron chi connectivity index (χ3n) is 3.68. The summed E-state index contributed by atoms with van der Waals surface area (Å²) in [4.78, 5) is 12.1. The molecular weight excluding hydrogens is 224 g/mol. The van der Waals surface area contributed by atoms with Crippen molar-refractivity contribution < 1.29 is 9.53 Å². The van der Waals surface area contributed by atoms with Crippen molar-refractivity contribution in [1.29, 1.82) is 0 Å². The average Bonchev–Trinajstić information content (AvgIpc) is 2.40.